The van der Waals surface area contributed by atoms with Gasteiger partial charge in [-0.05, 0) is 62.0 Å². The molecule has 1 aliphatic rings. The van der Waals surface area contributed by atoms with E-state index in [1.54, 1.807) is 6.07 Å². The molecule has 0 unspecified atom stereocenters. The van der Waals surface area contributed by atoms with Crippen molar-refractivity contribution in [1.29, 1.82) is 0 Å². The standard InChI is InChI=1S/C24H22ClF3N2O4S/c1-30-13-12-18(15-30)34-23-14-16(6-11-21(23)25)29-35(31,32)19-9-7-17(8-10-19)33-22-5-3-2-4-20(22)24(26,27)28/h2-11,14,18,29H,12-13,15H2,1H3/t18-/m1/s1. The van der Waals surface area contributed by atoms with Gasteiger partial charge in [0.05, 0.1) is 21.2 Å². The van der Waals surface area contributed by atoms with Crippen LogP contribution in [0.2, 0.25) is 5.02 Å². The third kappa shape index (κ3) is 6.19. The molecule has 4 rings (SSSR count). The number of nitrogens with one attached hydrogen (secondary N) is 1. The van der Waals surface area contributed by atoms with Gasteiger partial charge in [-0.15, -0.1) is 0 Å². The van der Waals surface area contributed by atoms with Gasteiger partial charge >= 0.3 is 6.18 Å². The number of para-hydroxylation sites is 1. The van der Waals surface area contributed by atoms with E-state index in [4.69, 9.17) is 21.1 Å². The number of sulfonamides is 1. The van der Waals surface area contributed by atoms with Crippen LogP contribution in [-0.4, -0.2) is 39.6 Å². The highest BCUT2D eigenvalue weighted by atomic mass is 35.5. The number of hydrogen-bond acceptors (Lipinski definition) is 5. The average molecular weight is 527 g/mol. The van der Waals surface area contributed by atoms with Crippen LogP contribution >= 0.6 is 11.6 Å². The zero-order valence-corrected chi connectivity index (χ0v) is 20.1. The molecule has 0 saturated carbocycles. The first-order valence-corrected chi connectivity index (χ1v) is 12.5. The molecule has 3 aromatic carbocycles. The predicted molar refractivity (Wildman–Crippen MR) is 127 cm³/mol. The highest BCUT2D eigenvalue weighted by molar-refractivity contribution is 7.92. The number of likely N-dealkylation sites (tertiary alicyclic amines) is 1. The van der Waals surface area contributed by atoms with Crippen molar-refractivity contribution in [3.8, 4) is 17.2 Å². The minimum Gasteiger partial charge on any atom is -0.487 e. The van der Waals surface area contributed by atoms with E-state index < -0.39 is 21.8 Å². The van der Waals surface area contributed by atoms with Gasteiger partial charge in [0.15, 0.2) is 0 Å². The maximum Gasteiger partial charge on any atom is 0.419 e. The van der Waals surface area contributed by atoms with Crippen molar-refractivity contribution in [3.63, 3.8) is 0 Å². The molecule has 186 valence electrons. The highest BCUT2D eigenvalue weighted by Crippen LogP contribution is 2.38. The molecule has 1 N–H and O–H groups in total. The minimum atomic E-state index is -4.58. The molecule has 1 atom stereocenters. The van der Waals surface area contributed by atoms with Gasteiger partial charge in [-0.1, -0.05) is 23.7 Å². The van der Waals surface area contributed by atoms with Gasteiger partial charge in [0.1, 0.15) is 23.4 Å². The van der Waals surface area contributed by atoms with Crippen molar-refractivity contribution in [2.75, 3.05) is 24.9 Å². The number of hydrogen-bond donors (Lipinski definition) is 1. The Kier molecular flexibility index (Phi) is 7.16. The summed E-state index contributed by atoms with van der Waals surface area (Å²) in [6, 6.07) is 14.4. The lowest BCUT2D eigenvalue weighted by Gasteiger charge is -2.16. The predicted octanol–water partition coefficient (Wildman–Crippen LogP) is 6.03. The molecule has 3 aromatic rings. The fourth-order valence-corrected chi connectivity index (χ4v) is 4.86. The lowest BCUT2D eigenvalue weighted by Crippen LogP contribution is -2.21. The van der Waals surface area contributed by atoms with Gasteiger partial charge in [-0.25, -0.2) is 8.42 Å². The normalized spacial score (nSPS) is 16.8. The smallest absolute Gasteiger partial charge is 0.419 e. The van der Waals surface area contributed by atoms with E-state index in [2.05, 4.69) is 9.62 Å². The molecule has 0 aliphatic carbocycles. The number of ether oxygens (including phenoxy) is 2. The molecule has 11 heteroatoms. The van der Waals surface area contributed by atoms with Crippen LogP contribution in [0.5, 0.6) is 17.2 Å². The first kappa shape index (κ1) is 25.2. The van der Waals surface area contributed by atoms with Crippen LogP contribution in [0.4, 0.5) is 18.9 Å². The summed E-state index contributed by atoms with van der Waals surface area (Å²) < 4.78 is 79.0. The van der Waals surface area contributed by atoms with Crippen LogP contribution < -0.4 is 14.2 Å². The van der Waals surface area contributed by atoms with E-state index in [0.717, 1.165) is 25.6 Å². The van der Waals surface area contributed by atoms with Crippen molar-refractivity contribution < 1.29 is 31.1 Å². The molecule has 1 aliphatic heterocycles. The van der Waals surface area contributed by atoms with E-state index >= 15 is 0 Å². The Labute approximate surface area is 206 Å². The van der Waals surface area contributed by atoms with Gasteiger partial charge in [0, 0.05) is 19.2 Å². The van der Waals surface area contributed by atoms with Crippen molar-refractivity contribution in [2.45, 2.75) is 23.6 Å². The van der Waals surface area contributed by atoms with Gasteiger partial charge in [0.25, 0.3) is 10.0 Å². The SMILES string of the molecule is CN1CC[C@@H](Oc2cc(NS(=O)(=O)c3ccc(Oc4ccccc4C(F)(F)F)cc3)ccc2Cl)C1. The Morgan fingerprint density at radius 2 is 1.74 bits per heavy atom. The molecule has 35 heavy (non-hydrogen) atoms. The van der Waals surface area contributed by atoms with Crippen LogP contribution in [0.25, 0.3) is 0 Å². The second-order valence-electron chi connectivity index (χ2n) is 8.11. The monoisotopic (exact) mass is 526 g/mol. The van der Waals surface area contributed by atoms with Crippen molar-refractivity contribution in [1.82, 2.24) is 4.90 Å². The van der Waals surface area contributed by atoms with Crippen molar-refractivity contribution in [3.05, 3.63) is 77.3 Å². The minimum absolute atomic E-state index is 0.0422. The second-order valence-corrected chi connectivity index (χ2v) is 10.2. The molecule has 0 spiro atoms. The summed E-state index contributed by atoms with van der Waals surface area (Å²) in [5, 5.41) is 0.364. The summed E-state index contributed by atoms with van der Waals surface area (Å²) >= 11 is 6.22. The van der Waals surface area contributed by atoms with E-state index in [-0.39, 0.29) is 28.2 Å². The van der Waals surface area contributed by atoms with Crippen LogP contribution in [0.3, 0.4) is 0 Å². The van der Waals surface area contributed by atoms with Crippen LogP contribution in [0, 0.1) is 0 Å². The number of nitrogens with zero attached hydrogens (tertiary/aromatic N) is 1. The Morgan fingerprint density at radius 1 is 1.03 bits per heavy atom. The second kappa shape index (κ2) is 9.96. The maximum absolute atomic E-state index is 13.2. The zero-order valence-electron chi connectivity index (χ0n) is 18.5. The van der Waals surface area contributed by atoms with E-state index in [1.165, 1.54) is 54.6 Å². The Morgan fingerprint density at radius 3 is 2.40 bits per heavy atom. The summed E-state index contributed by atoms with van der Waals surface area (Å²) in [5.41, 5.74) is -0.668. The van der Waals surface area contributed by atoms with Gasteiger partial charge in [-0.2, -0.15) is 13.2 Å². The summed E-state index contributed by atoms with van der Waals surface area (Å²) in [5.74, 6) is 0.0551. The topological polar surface area (TPSA) is 67.9 Å². The number of alkyl halides is 3. The number of likely N-dealkylation sites (N-methyl/N-ethyl adjacent to an activating group) is 1. The fourth-order valence-electron chi connectivity index (χ4n) is 3.65. The van der Waals surface area contributed by atoms with E-state index in [1.807, 2.05) is 7.05 Å². The largest absolute Gasteiger partial charge is 0.487 e. The molecule has 0 radical (unpaired) electrons. The molecular formula is C24H22ClF3N2O4S. The third-order valence-corrected chi connectivity index (χ3v) is 7.09. The molecular weight excluding hydrogens is 505 g/mol. The summed E-state index contributed by atoms with van der Waals surface area (Å²) in [6.45, 7) is 1.64. The summed E-state index contributed by atoms with van der Waals surface area (Å²) in [6.07, 6.45) is -3.79. The van der Waals surface area contributed by atoms with Crippen molar-refractivity contribution >= 4 is 27.3 Å². The lowest BCUT2D eigenvalue weighted by molar-refractivity contribution is -0.138. The van der Waals surface area contributed by atoms with E-state index in [9.17, 15) is 21.6 Å². The molecule has 1 heterocycles. The van der Waals surface area contributed by atoms with Crippen molar-refractivity contribution in [2.24, 2.45) is 0 Å². The lowest BCUT2D eigenvalue weighted by atomic mass is 10.2. The first-order valence-electron chi connectivity index (χ1n) is 10.6. The average Bonchev–Trinajstić information content (AvgIpc) is 3.20. The Hall–Kier alpha value is -2.95. The third-order valence-electron chi connectivity index (χ3n) is 5.38. The Balaban J connectivity index is 1.48. The molecule has 0 amide bonds. The number of anilines is 1. The Bertz CT molecular complexity index is 1300. The number of halogens is 4. The molecule has 0 aromatic heterocycles. The molecule has 6 nitrogen and oxygen atoms in total. The maximum atomic E-state index is 13.2. The van der Waals surface area contributed by atoms with Crippen LogP contribution in [0.1, 0.15) is 12.0 Å². The number of rotatable bonds is 7. The molecule has 0 bridgehead atoms. The van der Waals surface area contributed by atoms with Crippen LogP contribution in [0.15, 0.2) is 71.6 Å². The van der Waals surface area contributed by atoms with Crippen LogP contribution in [-0.2, 0) is 16.2 Å². The highest BCUT2D eigenvalue weighted by Gasteiger charge is 2.34. The summed E-state index contributed by atoms with van der Waals surface area (Å²) in [4.78, 5) is 2.03. The fraction of sp³-hybridized carbons (Fsp3) is 0.250. The summed E-state index contributed by atoms with van der Waals surface area (Å²) in [7, 11) is -2.01. The molecule has 1 saturated heterocycles. The van der Waals surface area contributed by atoms with Gasteiger partial charge < -0.3 is 14.4 Å². The van der Waals surface area contributed by atoms with Gasteiger partial charge in [-0.3, -0.25) is 4.72 Å². The quantitative estimate of drug-likeness (QED) is 0.407. The first-order chi connectivity index (χ1) is 16.5. The van der Waals surface area contributed by atoms with Gasteiger partial charge in [0.2, 0.25) is 0 Å². The zero-order chi connectivity index (χ0) is 25.2. The number of benzene rings is 3. The van der Waals surface area contributed by atoms with E-state index in [0.29, 0.717) is 10.8 Å². The molecule has 1 fully saturated rings.